The molecule has 170 valence electrons. The lowest BCUT2D eigenvalue weighted by Gasteiger charge is -2.50. The Labute approximate surface area is 188 Å². The van der Waals surface area contributed by atoms with Crippen LogP contribution in [0.15, 0.2) is 12.1 Å². The van der Waals surface area contributed by atoms with Gasteiger partial charge in [0.25, 0.3) is 0 Å². The SMILES string of the molecule is CCCC1NC(SCC(=O)Nc2c(C)cc(C)cc2C)C2C(=O)N(C)C(=O)N(C)C2N1. The van der Waals surface area contributed by atoms with Gasteiger partial charge in [-0.15, -0.1) is 11.8 Å². The number of urea groups is 1. The minimum absolute atomic E-state index is 0.0279. The molecule has 3 N–H and O–H groups in total. The highest BCUT2D eigenvalue weighted by atomic mass is 32.2. The highest BCUT2D eigenvalue weighted by Crippen LogP contribution is 2.32. The maximum atomic E-state index is 12.9. The van der Waals surface area contributed by atoms with Crippen molar-refractivity contribution in [2.75, 3.05) is 25.2 Å². The molecule has 1 aromatic carbocycles. The van der Waals surface area contributed by atoms with Gasteiger partial charge in [-0.25, -0.2) is 4.79 Å². The van der Waals surface area contributed by atoms with Crippen LogP contribution in [0.25, 0.3) is 0 Å². The van der Waals surface area contributed by atoms with Crippen molar-refractivity contribution in [3.05, 3.63) is 28.8 Å². The van der Waals surface area contributed by atoms with Gasteiger partial charge in [0.2, 0.25) is 11.8 Å². The molecule has 0 bridgehead atoms. The van der Waals surface area contributed by atoms with E-state index in [9.17, 15) is 14.4 Å². The van der Waals surface area contributed by atoms with E-state index in [2.05, 4.69) is 22.9 Å². The molecule has 0 aliphatic carbocycles. The first kappa shape index (κ1) is 23.6. The molecule has 2 heterocycles. The fourth-order valence-corrected chi connectivity index (χ4v) is 5.58. The van der Waals surface area contributed by atoms with Gasteiger partial charge in [0.15, 0.2) is 0 Å². The summed E-state index contributed by atoms with van der Waals surface area (Å²) in [5.41, 5.74) is 4.06. The normalized spacial score (nSPS) is 26.1. The predicted molar refractivity (Wildman–Crippen MR) is 124 cm³/mol. The third kappa shape index (κ3) is 4.88. The van der Waals surface area contributed by atoms with Crippen LogP contribution in [0.4, 0.5) is 10.5 Å². The van der Waals surface area contributed by atoms with Gasteiger partial charge in [-0.3, -0.25) is 25.1 Å². The van der Waals surface area contributed by atoms with E-state index in [-0.39, 0.29) is 35.1 Å². The van der Waals surface area contributed by atoms with E-state index >= 15 is 0 Å². The van der Waals surface area contributed by atoms with E-state index in [4.69, 9.17) is 0 Å². The van der Waals surface area contributed by atoms with E-state index in [1.54, 1.807) is 11.9 Å². The average molecular weight is 448 g/mol. The number of imide groups is 1. The van der Waals surface area contributed by atoms with Crippen LogP contribution >= 0.6 is 11.8 Å². The lowest BCUT2D eigenvalue weighted by Crippen LogP contribution is -2.74. The number of hydrogen-bond acceptors (Lipinski definition) is 6. The predicted octanol–water partition coefficient (Wildman–Crippen LogP) is 2.39. The number of anilines is 1. The molecule has 4 atom stereocenters. The second kappa shape index (κ2) is 9.58. The summed E-state index contributed by atoms with van der Waals surface area (Å²) in [6.45, 7) is 8.10. The average Bonchev–Trinajstić information content (AvgIpc) is 2.71. The third-order valence-corrected chi connectivity index (χ3v) is 7.16. The molecule has 2 aliphatic rings. The van der Waals surface area contributed by atoms with Crippen molar-refractivity contribution in [1.29, 1.82) is 0 Å². The molecule has 0 saturated carbocycles. The number of nitrogens with one attached hydrogen (secondary N) is 3. The molecule has 4 unspecified atom stereocenters. The third-order valence-electron chi connectivity index (χ3n) is 5.94. The molecular formula is C22H33N5O3S. The highest BCUT2D eigenvalue weighted by molar-refractivity contribution is 8.00. The number of carbonyl (C=O) groups excluding carboxylic acids is 3. The largest absolute Gasteiger partial charge is 0.327 e. The van der Waals surface area contributed by atoms with Gasteiger partial charge in [0.05, 0.1) is 29.4 Å². The van der Waals surface area contributed by atoms with Gasteiger partial charge in [0.1, 0.15) is 0 Å². The van der Waals surface area contributed by atoms with E-state index < -0.39 is 12.1 Å². The van der Waals surface area contributed by atoms with Crippen LogP contribution in [-0.2, 0) is 9.59 Å². The number of amides is 4. The summed E-state index contributed by atoms with van der Waals surface area (Å²) in [4.78, 5) is 40.8. The number of benzene rings is 1. The molecule has 9 heteroatoms. The first-order chi connectivity index (χ1) is 14.6. The molecule has 2 fully saturated rings. The number of rotatable bonds is 6. The molecule has 31 heavy (non-hydrogen) atoms. The van der Waals surface area contributed by atoms with E-state index in [1.165, 1.54) is 18.8 Å². The second-order valence-corrected chi connectivity index (χ2v) is 9.62. The summed E-state index contributed by atoms with van der Waals surface area (Å²) >= 11 is 1.42. The van der Waals surface area contributed by atoms with Crippen molar-refractivity contribution >= 4 is 35.3 Å². The summed E-state index contributed by atoms with van der Waals surface area (Å²) in [5, 5.41) is 9.62. The lowest BCUT2D eigenvalue weighted by atomic mass is 9.96. The van der Waals surface area contributed by atoms with Crippen LogP contribution in [0.2, 0.25) is 0 Å². The molecule has 0 aromatic heterocycles. The van der Waals surface area contributed by atoms with Crippen LogP contribution in [0.1, 0.15) is 36.5 Å². The lowest BCUT2D eigenvalue weighted by molar-refractivity contribution is -0.140. The maximum absolute atomic E-state index is 12.9. The molecule has 4 amide bonds. The molecule has 1 aromatic rings. The van der Waals surface area contributed by atoms with Crippen molar-refractivity contribution in [2.24, 2.45) is 5.92 Å². The van der Waals surface area contributed by atoms with Gasteiger partial charge in [0, 0.05) is 19.8 Å². The van der Waals surface area contributed by atoms with E-state index in [0.29, 0.717) is 0 Å². The Morgan fingerprint density at radius 2 is 1.77 bits per heavy atom. The van der Waals surface area contributed by atoms with Gasteiger partial charge >= 0.3 is 6.03 Å². The second-order valence-electron chi connectivity index (χ2n) is 8.49. The van der Waals surface area contributed by atoms with Crippen LogP contribution in [0.5, 0.6) is 0 Å². The summed E-state index contributed by atoms with van der Waals surface area (Å²) in [5.74, 6) is -0.598. The summed E-state index contributed by atoms with van der Waals surface area (Å²) in [7, 11) is 3.22. The Bertz CT molecular complexity index is 854. The number of aryl methyl sites for hydroxylation is 3. The van der Waals surface area contributed by atoms with Crippen LogP contribution in [0.3, 0.4) is 0 Å². The van der Waals surface area contributed by atoms with Crippen molar-refractivity contribution in [2.45, 2.75) is 58.2 Å². The van der Waals surface area contributed by atoms with Crippen molar-refractivity contribution < 1.29 is 14.4 Å². The summed E-state index contributed by atoms with van der Waals surface area (Å²) < 4.78 is 0. The number of fused-ring (bicyclic) bond motifs is 1. The standard InChI is InChI=1S/C22H33N5O3S/c1-7-8-15-23-19-17(21(29)27(6)22(30)26(19)5)20(24-15)31-11-16(28)25-18-13(3)9-12(2)10-14(18)4/h9-10,15,17,19-20,23-24H,7-8,11H2,1-6H3,(H,25,28). The Morgan fingerprint density at radius 3 is 2.39 bits per heavy atom. The van der Waals surface area contributed by atoms with Gasteiger partial charge in [-0.1, -0.05) is 31.0 Å². The first-order valence-electron chi connectivity index (χ1n) is 10.7. The molecule has 3 rings (SSSR count). The summed E-state index contributed by atoms with van der Waals surface area (Å²) in [6.07, 6.45) is 1.40. The van der Waals surface area contributed by atoms with Gasteiger partial charge in [-0.2, -0.15) is 0 Å². The van der Waals surface area contributed by atoms with Crippen LogP contribution in [0, 0.1) is 26.7 Å². The number of nitrogens with zero attached hydrogens (tertiary/aromatic N) is 2. The highest BCUT2D eigenvalue weighted by Gasteiger charge is 2.50. The van der Waals surface area contributed by atoms with Crippen LogP contribution in [-0.4, -0.2) is 65.2 Å². The van der Waals surface area contributed by atoms with Gasteiger partial charge in [-0.05, 0) is 38.3 Å². The fourth-order valence-electron chi connectivity index (χ4n) is 4.44. The molecule has 0 spiro atoms. The molecule has 0 radical (unpaired) electrons. The Kier molecular flexibility index (Phi) is 7.28. The minimum Gasteiger partial charge on any atom is -0.325 e. The fraction of sp³-hybridized carbons (Fsp3) is 0.591. The topological polar surface area (TPSA) is 93.8 Å². The minimum atomic E-state index is -0.471. The quantitative estimate of drug-likeness (QED) is 0.620. The molecule has 2 aliphatic heterocycles. The van der Waals surface area contributed by atoms with E-state index in [1.807, 2.05) is 32.9 Å². The van der Waals surface area contributed by atoms with Crippen molar-refractivity contribution in [3.63, 3.8) is 0 Å². The summed E-state index contributed by atoms with van der Waals surface area (Å²) in [6, 6.07) is 3.78. The Morgan fingerprint density at radius 1 is 1.13 bits per heavy atom. The molecule has 8 nitrogen and oxygen atoms in total. The Balaban J connectivity index is 1.73. The van der Waals surface area contributed by atoms with Crippen molar-refractivity contribution in [1.82, 2.24) is 20.4 Å². The maximum Gasteiger partial charge on any atom is 0.327 e. The zero-order chi connectivity index (χ0) is 22.9. The molecular weight excluding hydrogens is 414 g/mol. The van der Waals surface area contributed by atoms with Gasteiger partial charge < -0.3 is 10.2 Å². The monoisotopic (exact) mass is 447 g/mol. The van der Waals surface area contributed by atoms with Crippen LogP contribution < -0.4 is 16.0 Å². The zero-order valence-corrected chi connectivity index (χ0v) is 19.9. The Hall–Kier alpha value is -2.10. The number of carbonyl (C=O) groups is 3. The smallest absolute Gasteiger partial charge is 0.325 e. The molecule has 2 saturated heterocycles. The van der Waals surface area contributed by atoms with E-state index in [0.717, 1.165) is 40.1 Å². The number of thioether (sulfide) groups is 1. The first-order valence-corrected chi connectivity index (χ1v) is 11.7. The zero-order valence-electron chi connectivity index (χ0n) is 19.1. The number of hydrogen-bond donors (Lipinski definition) is 3. The van der Waals surface area contributed by atoms with Crippen molar-refractivity contribution in [3.8, 4) is 0 Å².